The van der Waals surface area contributed by atoms with Gasteiger partial charge in [0.1, 0.15) is 0 Å². The van der Waals surface area contributed by atoms with E-state index in [1.54, 1.807) is 0 Å². The van der Waals surface area contributed by atoms with E-state index in [-0.39, 0.29) is 11.0 Å². The predicted octanol–water partition coefficient (Wildman–Crippen LogP) is 4.81. The number of hydrogen-bond acceptors (Lipinski definition) is 1. The van der Waals surface area contributed by atoms with E-state index in [4.69, 9.17) is 0 Å². The highest BCUT2D eigenvalue weighted by Gasteiger charge is 2.18. The summed E-state index contributed by atoms with van der Waals surface area (Å²) in [4.78, 5) is 0. The second kappa shape index (κ2) is 4.36. The van der Waals surface area contributed by atoms with Crippen LogP contribution in [0.3, 0.4) is 0 Å². The van der Waals surface area contributed by atoms with Crippen LogP contribution in [0, 0.1) is 13.8 Å². The van der Waals surface area contributed by atoms with Crippen LogP contribution in [0.5, 0.6) is 0 Å². The van der Waals surface area contributed by atoms with Crippen LogP contribution in [0.25, 0.3) is 0 Å². The van der Waals surface area contributed by atoms with E-state index in [1.807, 2.05) is 0 Å². The molecule has 96 valence electrons. The molecule has 1 aromatic rings. The molecule has 1 rings (SSSR count). The largest absolute Gasteiger partial charge is 0.380 e. The Hall–Kier alpha value is -0.980. The second-order valence-corrected chi connectivity index (χ2v) is 7.11. The summed E-state index contributed by atoms with van der Waals surface area (Å²) in [6, 6.07) is 4.61. The van der Waals surface area contributed by atoms with Crippen molar-refractivity contribution >= 4 is 5.69 Å². The third-order valence-electron chi connectivity index (χ3n) is 2.90. The first-order valence-corrected chi connectivity index (χ1v) is 6.40. The van der Waals surface area contributed by atoms with Crippen molar-refractivity contribution in [3.8, 4) is 0 Å². The minimum absolute atomic E-state index is 0.110. The van der Waals surface area contributed by atoms with Crippen molar-refractivity contribution in [1.29, 1.82) is 0 Å². The zero-order valence-electron chi connectivity index (χ0n) is 12.7. The molecule has 1 N–H and O–H groups in total. The van der Waals surface area contributed by atoms with Crippen LogP contribution in [0.1, 0.15) is 58.2 Å². The molecule has 0 fully saturated rings. The molecule has 0 aromatic heterocycles. The maximum atomic E-state index is 3.60. The Balaban J connectivity index is 3.20. The number of benzene rings is 1. The molecule has 1 nitrogen and oxygen atoms in total. The number of aryl methyl sites for hydroxylation is 2. The number of nitrogens with one attached hydrogen (secondary N) is 1. The maximum absolute atomic E-state index is 3.60. The molecule has 0 aliphatic rings. The summed E-state index contributed by atoms with van der Waals surface area (Å²) in [7, 11) is 0. The molecule has 0 unspecified atom stereocenters. The molecule has 0 bridgehead atoms. The fourth-order valence-corrected chi connectivity index (χ4v) is 1.97. The normalized spacial score (nSPS) is 12.7. The smallest absolute Gasteiger partial charge is 0.0403 e. The fourth-order valence-electron chi connectivity index (χ4n) is 1.97. The number of anilines is 1. The minimum atomic E-state index is 0.110. The van der Waals surface area contributed by atoms with E-state index in [0.29, 0.717) is 0 Å². The van der Waals surface area contributed by atoms with Crippen molar-refractivity contribution in [2.24, 2.45) is 0 Å². The maximum Gasteiger partial charge on any atom is 0.0403 e. The Kier molecular flexibility index (Phi) is 3.61. The first-order valence-electron chi connectivity index (χ1n) is 6.40. The zero-order valence-corrected chi connectivity index (χ0v) is 12.7. The Morgan fingerprint density at radius 2 is 1.24 bits per heavy atom. The van der Waals surface area contributed by atoms with Gasteiger partial charge >= 0.3 is 0 Å². The summed E-state index contributed by atoms with van der Waals surface area (Å²) in [6.45, 7) is 17.8. The minimum Gasteiger partial charge on any atom is -0.380 e. The third-order valence-corrected chi connectivity index (χ3v) is 2.90. The molecule has 17 heavy (non-hydrogen) atoms. The highest BCUT2D eigenvalue weighted by Crippen LogP contribution is 2.30. The van der Waals surface area contributed by atoms with Gasteiger partial charge in [0, 0.05) is 11.2 Å². The highest BCUT2D eigenvalue weighted by molar-refractivity contribution is 5.60. The Morgan fingerprint density at radius 3 is 1.53 bits per heavy atom. The van der Waals surface area contributed by atoms with E-state index < -0.39 is 0 Å². The van der Waals surface area contributed by atoms with Crippen molar-refractivity contribution in [1.82, 2.24) is 0 Å². The van der Waals surface area contributed by atoms with Gasteiger partial charge in [0.15, 0.2) is 0 Å². The van der Waals surface area contributed by atoms with E-state index in [9.17, 15) is 0 Å². The third kappa shape index (κ3) is 3.76. The van der Waals surface area contributed by atoms with Crippen LogP contribution in [-0.4, -0.2) is 5.54 Å². The quantitative estimate of drug-likeness (QED) is 0.734. The molecule has 0 atom stereocenters. The summed E-state index contributed by atoms with van der Waals surface area (Å²) in [5, 5.41) is 3.60. The molecule has 1 aromatic carbocycles. The molecule has 0 heterocycles. The van der Waals surface area contributed by atoms with Gasteiger partial charge < -0.3 is 5.32 Å². The van der Waals surface area contributed by atoms with E-state index >= 15 is 0 Å². The average molecular weight is 233 g/mol. The summed E-state index contributed by atoms with van der Waals surface area (Å²) in [5.41, 5.74) is 5.70. The summed E-state index contributed by atoms with van der Waals surface area (Å²) in [5.74, 6) is 0. The van der Waals surface area contributed by atoms with E-state index in [0.717, 1.165) is 0 Å². The molecule has 0 saturated heterocycles. The van der Waals surface area contributed by atoms with Gasteiger partial charge in [-0.15, -0.1) is 0 Å². The molecular formula is C16H27N. The summed E-state index contributed by atoms with van der Waals surface area (Å²) < 4.78 is 0. The SMILES string of the molecule is Cc1cc(C(C)(C)C)cc(C)c1NC(C)(C)C. The lowest BCUT2D eigenvalue weighted by Crippen LogP contribution is -2.27. The molecule has 0 spiro atoms. The first-order chi connectivity index (χ1) is 7.50. The standard InChI is InChI=1S/C16H27N/c1-11-9-13(15(3,4)5)10-12(2)14(11)17-16(6,7)8/h9-10,17H,1-8H3. The van der Waals surface area contributed by atoms with Crippen molar-refractivity contribution in [2.75, 3.05) is 5.32 Å². The summed E-state index contributed by atoms with van der Waals surface area (Å²) >= 11 is 0. The molecular weight excluding hydrogens is 206 g/mol. The van der Waals surface area contributed by atoms with Gasteiger partial charge in [-0.05, 0) is 56.7 Å². The molecule has 0 saturated carbocycles. The lowest BCUT2D eigenvalue weighted by Gasteiger charge is -2.27. The highest BCUT2D eigenvalue weighted by atomic mass is 15.0. The first kappa shape index (κ1) is 14.1. The Bertz CT molecular complexity index is 380. The molecule has 1 heteroatoms. The fraction of sp³-hybridized carbons (Fsp3) is 0.625. The molecule has 0 aliphatic heterocycles. The predicted molar refractivity (Wildman–Crippen MR) is 78.0 cm³/mol. The van der Waals surface area contributed by atoms with Crippen LogP contribution in [0.15, 0.2) is 12.1 Å². The van der Waals surface area contributed by atoms with Crippen LogP contribution >= 0.6 is 0 Å². The zero-order chi connectivity index (χ0) is 13.4. The van der Waals surface area contributed by atoms with Gasteiger partial charge in [-0.25, -0.2) is 0 Å². The van der Waals surface area contributed by atoms with Crippen molar-refractivity contribution < 1.29 is 0 Å². The van der Waals surface area contributed by atoms with Gasteiger partial charge in [-0.1, -0.05) is 32.9 Å². The molecule has 0 radical (unpaired) electrons. The van der Waals surface area contributed by atoms with Gasteiger partial charge in [-0.3, -0.25) is 0 Å². The molecule has 0 amide bonds. The van der Waals surface area contributed by atoms with E-state index in [1.165, 1.54) is 22.4 Å². The lowest BCUT2D eigenvalue weighted by atomic mass is 9.84. The number of rotatable bonds is 1. The van der Waals surface area contributed by atoms with Crippen molar-refractivity contribution in [2.45, 2.75) is 66.3 Å². The lowest BCUT2D eigenvalue weighted by molar-refractivity contribution is 0.588. The Morgan fingerprint density at radius 1 is 0.824 bits per heavy atom. The topological polar surface area (TPSA) is 12.0 Å². The van der Waals surface area contributed by atoms with Crippen LogP contribution in [0.4, 0.5) is 5.69 Å². The van der Waals surface area contributed by atoms with Gasteiger partial charge in [0.25, 0.3) is 0 Å². The Labute approximate surface area is 107 Å². The van der Waals surface area contributed by atoms with Crippen LogP contribution in [0.2, 0.25) is 0 Å². The number of hydrogen-bond donors (Lipinski definition) is 1. The van der Waals surface area contributed by atoms with Crippen LogP contribution in [-0.2, 0) is 5.41 Å². The van der Waals surface area contributed by atoms with Gasteiger partial charge in [-0.2, -0.15) is 0 Å². The molecule has 0 aliphatic carbocycles. The van der Waals surface area contributed by atoms with Crippen molar-refractivity contribution in [3.63, 3.8) is 0 Å². The van der Waals surface area contributed by atoms with Gasteiger partial charge in [0.05, 0.1) is 0 Å². The van der Waals surface area contributed by atoms with Crippen molar-refractivity contribution in [3.05, 3.63) is 28.8 Å². The summed E-state index contributed by atoms with van der Waals surface area (Å²) in [6.07, 6.45) is 0. The monoisotopic (exact) mass is 233 g/mol. The second-order valence-electron chi connectivity index (χ2n) is 7.11. The van der Waals surface area contributed by atoms with Gasteiger partial charge in [0.2, 0.25) is 0 Å². The van der Waals surface area contributed by atoms with E-state index in [2.05, 4.69) is 72.8 Å². The van der Waals surface area contributed by atoms with Crippen LogP contribution < -0.4 is 5.32 Å². The average Bonchev–Trinajstić information content (AvgIpc) is 2.07.